The molecule has 5 heteroatoms. The van der Waals surface area contributed by atoms with Gasteiger partial charge in [-0.3, -0.25) is 4.31 Å². The molecule has 1 N–H and O–H groups in total. The number of sulfonamides is 1. The number of aliphatic hydroxyl groups is 1. The van der Waals surface area contributed by atoms with Gasteiger partial charge in [0.15, 0.2) is 0 Å². The van der Waals surface area contributed by atoms with Crippen molar-refractivity contribution in [3.05, 3.63) is 29.8 Å². The fourth-order valence-electron chi connectivity index (χ4n) is 1.73. The Labute approximate surface area is 103 Å². The van der Waals surface area contributed by atoms with Crippen molar-refractivity contribution >= 4 is 15.7 Å². The summed E-state index contributed by atoms with van der Waals surface area (Å²) in [4.78, 5) is 0. The molecule has 1 rings (SSSR count). The number of nitrogens with zero attached hydrogens (tertiary/aromatic N) is 1. The van der Waals surface area contributed by atoms with Gasteiger partial charge in [0.25, 0.3) is 0 Å². The largest absolute Gasteiger partial charge is 0.396 e. The molecule has 0 aliphatic heterocycles. The normalized spacial score (nSPS) is 11.5. The molecule has 0 radical (unpaired) electrons. The first kappa shape index (κ1) is 14.0. The monoisotopic (exact) mass is 257 g/mol. The van der Waals surface area contributed by atoms with E-state index in [0.29, 0.717) is 18.7 Å². The maximum atomic E-state index is 11.8. The number of hydrogen-bond donors (Lipinski definition) is 1. The van der Waals surface area contributed by atoms with E-state index < -0.39 is 10.0 Å². The Balaban J connectivity index is 3.13. The molecule has 4 nitrogen and oxygen atoms in total. The second-order valence-corrected chi connectivity index (χ2v) is 5.80. The number of para-hydroxylation sites is 1. The lowest BCUT2D eigenvalue weighted by atomic mass is 10.1. The van der Waals surface area contributed by atoms with Gasteiger partial charge in [0.05, 0.1) is 11.9 Å². The first-order chi connectivity index (χ1) is 8.00. The van der Waals surface area contributed by atoms with Gasteiger partial charge in [-0.1, -0.05) is 25.1 Å². The third kappa shape index (κ3) is 3.71. The van der Waals surface area contributed by atoms with Gasteiger partial charge < -0.3 is 5.11 Å². The Morgan fingerprint density at radius 3 is 2.47 bits per heavy atom. The van der Waals surface area contributed by atoms with Crippen molar-refractivity contribution < 1.29 is 13.5 Å². The minimum Gasteiger partial charge on any atom is -0.396 e. The van der Waals surface area contributed by atoms with Crippen LogP contribution in [-0.4, -0.2) is 32.9 Å². The predicted octanol–water partition coefficient (Wildman–Crippen LogP) is 1.40. The van der Waals surface area contributed by atoms with Gasteiger partial charge in [-0.25, -0.2) is 8.42 Å². The molecule has 0 aliphatic rings. The predicted molar refractivity (Wildman–Crippen MR) is 69.7 cm³/mol. The van der Waals surface area contributed by atoms with E-state index in [1.165, 1.54) is 10.6 Å². The summed E-state index contributed by atoms with van der Waals surface area (Å²) in [7, 11) is -3.30. The molecule has 0 atom stereocenters. The standard InChI is InChI=1S/C12H19NO3S/c1-3-11-7-4-5-8-12(11)13(9-6-10-14)17(2,15)16/h4-5,7-8,14H,3,6,9-10H2,1-2H3. The lowest BCUT2D eigenvalue weighted by molar-refractivity contribution is 0.291. The lowest BCUT2D eigenvalue weighted by Crippen LogP contribution is -2.32. The van der Waals surface area contributed by atoms with Crippen molar-refractivity contribution in [2.45, 2.75) is 19.8 Å². The van der Waals surface area contributed by atoms with Crippen LogP contribution >= 0.6 is 0 Å². The number of benzene rings is 1. The van der Waals surface area contributed by atoms with Crippen molar-refractivity contribution in [2.75, 3.05) is 23.7 Å². The third-order valence-corrected chi connectivity index (χ3v) is 3.74. The highest BCUT2D eigenvalue weighted by Crippen LogP contribution is 2.23. The highest BCUT2D eigenvalue weighted by atomic mass is 32.2. The van der Waals surface area contributed by atoms with E-state index in [1.807, 2.05) is 25.1 Å². The van der Waals surface area contributed by atoms with E-state index in [4.69, 9.17) is 5.11 Å². The average Bonchev–Trinajstić information content (AvgIpc) is 2.28. The molecule has 96 valence electrons. The zero-order valence-corrected chi connectivity index (χ0v) is 11.1. The lowest BCUT2D eigenvalue weighted by Gasteiger charge is -2.24. The SMILES string of the molecule is CCc1ccccc1N(CCCO)S(C)(=O)=O. The summed E-state index contributed by atoms with van der Waals surface area (Å²) in [6.45, 7) is 2.29. The van der Waals surface area contributed by atoms with Crippen LogP contribution < -0.4 is 4.31 Å². The number of hydrogen-bond acceptors (Lipinski definition) is 3. The molecular weight excluding hydrogens is 238 g/mol. The van der Waals surface area contributed by atoms with E-state index in [0.717, 1.165) is 12.0 Å². The molecule has 0 aromatic heterocycles. The van der Waals surface area contributed by atoms with Crippen LogP contribution in [0.3, 0.4) is 0 Å². The maximum absolute atomic E-state index is 11.8. The Morgan fingerprint density at radius 1 is 1.29 bits per heavy atom. The Hall–Kier alpha value is -1.07. The summed E-state index contributed by atoms with van der Waals surface area (Å²) >= 11 is 0. The zero-order valence-electron chi connectivity index (χ0n) is 10.3. The van der Waals surface area contributed by atoms with E-state index in [2.05, 4.69) is 0 Å². The summed E-state index contributed by atoms with van der Waals surface area (Å²) in [5.41, 5.74) is 1.71. The van der Waals surface area contributed by atoms with Gasteiger partial charge in [0.2, 0.25) is 10.0 Å². The van der Waals surface area contributed by atoms with Crippen molar-refractivity contribution in [2.24, 2.45) is 0 Å². The smallest absolute Gasteiger partial charge is 0.232 e. The van der Waals surface area contributed by atoms with Crippen LogP contribution in [-0.2, 0) is 16.4 Å². The van der Waals surface area contributed by atoms with Crippen LogP contribution in [0.15, 0.2) is 24.3 Å². The number of aryl methyl sites for hydroxylation is 1. The first-order valence-electron chi connectivity index (χ1n) is 5.67. The van der Waals surface area contributed by atoms with Crippen molar-refractivity contribution in [1.29, 1.82) is 0 Å². The fraction of sp³-hybridized carbons (Fsp3) is 0.500. The van der Waals surface area contributed by atoms with E-state index >= 15 is 0 Å². The molecule has 0 aliphatic carbocycles. The fourth-order valence-corrected chi connectivity index (χ4v) is 2.73. The molecule has 0 saturated carbocycles. The molecular formula is C12H19NO3S. The van der Waals surface area contributed by atoms with E-state index in [1.54, 1.807) is 6.07 Å². The van der Waals surface area contributed by atoms with E-state index in [-0.39, 0.29) is 6.61 Å². The molecule has 1 aromatic carbocycles. The first-order valence-corrected chi connectivity index (χ1v) is 7.52. The van der Waals surface area contributed by atoms with Gasteiger partial charge in [0.1, 0.15) is 0 Å². The van der Waals surface area contributed by atoms with Crippen LogP contribution in [0.2, 0.25) is 0 Å². The summed E-state index contributed by atoms with van der Waals surface area (Å²) in [6.07, 6.45) is 2.41. The Morgan fingerprint density at radius 2 is 1.94 bits per heavy atom. The van der Waals surface area contributed by atoms with Crippen LogP contribution in [0, 0.1) is 0 Å². The van der Waals surface area contributed by atoms with Gasteiger partial charge >= 0.3 is 0 Å². The minimum atomic E-state index is -3.30. The average molecular weight is 257 g/mol. The second-order valence-electron chi connectivity index (χ2n) is 3.89. The number of aliphatic hydroxyl groups excluding tert-OH is 1. The van der Waals surface area contributed by atoms with Crippen molar-refractivity contribution in [1.82, 2.24) is 0 Å². The minimum absolute atomic E-state index is 0.0136. The molecule has 0 fully saturated rings. The Bertz CT molecular complexity index is 457. The Kier molecular flexibility index (Phi) is 4.96. The highest BCUT2D eigenvalue weighted by molar-refractivity contribution is 7.92. The third-order valence-electron chi connectivity index (χ3n) is 2.56. The topological polar surface area (TPSA) is 57.6 Å². The van der Waals surface area contributed by atoms with Crippen LogP contribution in [0.5, 0.6) is 0 Å². The summed E-state index contributed by atoms with van der Waals surface area (Å²) in [5, 5.41) is 8.83. The number of anilines is 1. The van der Waals surface area contributed by atoms with Crippen molar-refractivity contribution in [3.63, 3.8) is 0 Å². The molecule has 0 unspecified atom stereocenters. The van der Waals surface area contributed by atoms with Gasteiger partial charge in [-0.05, 0) is 24.5 Å². The molecule has 0 amide bonds. The molecule has 0 heterocycles. The van der Waals surface area contributed by atoms with Crippen molar-refractivity contribution in [3.8, 4) is 0 Å². The summed E-state index contributed by atoms with van der Waals surface area (Å²) < 4.78 is 24.9. The van der Waals surface area contributed by atoms with Crippen LogP contribution in [0.1, 0.15) is 18.9 Å². The van der Waals surface area contributed by atoms with Crippen LogP contribution in [0.4, 0.5) is 5.69 Å². The highest BCUT2D eigenvalue weighted by Gasteiger charge is 2.18. The molecule has 0 spiro atoms. The second kappa shape index (κ2) is 6.02. The van der Waals surface area contributed by atoms with Gasteiger partial charge in [-0.2, -0.15) is 0 Å². The summed E-state index contributed by atoms with van der Waals surface area (Å²) in [5.74, 6) is 0. The molecule has 0 saturated heterocycles. The molecule has 0 bridgehead atoms. The summed E-state index contributed by atoms with van der Waals surface area (Å²) in [6, 6.07) is 7.45. The van der Waals surface area contributed by atoms with Crippen LogP contribution in [0.25, 0.3) is 0 Å². The van der Waals surface area contributed by atoms with Gasteiger partial charge in [-0.15, -0.1) is 0 Å². The van der Waals surface area contributed by atoms with Gasteiger partial charge in [0, 0.05) is 13.2 Å². The quantitative estimate of drug-likeness (QED) is 0.838. The zero-order chi connectivity index (χ0) is 12.9. The van der Waals surface area contributed by atoms with E-state index in [9.17, 15) is 8.42 Å². The molecule has 17 heavy (non-hydrogen) atoms. The maximum Gasteiger partial charge on any atom is 0.232 e. The number of rotatable bonds is 6. The molecule has 1 aromatic rings.